The summed E-state index contributed by atoms with van der Waals surface area (Å²) in [6.07, 6.45) is 12.7. The van der Waals surface area contributed by atoms with Gasteiger partial charge in [0, 0.05) is 75.9 Å². The molecule has 4 aliphatic rings. The first kappa shape index (κ1) is 60.1. The molecule has 0 saturated heterocycles. The van der Waals surface area contributed by atoms with Gasteiger partial charge >= 0.3 is 0 Å². The first-order valence-electron chi connectivity index (χ1n) is 33.5. The molecule has 464 valence electrons. The number of anilines is 2. The van der Waals surface area contributed by atoms with Crippen molar-refractivity contribution < 1.29 is 19.2 Å². The normalized spacial score (nSPS) is 14.4. The van der Waals surface area contributed by atoms with Crippen LogP contribution >= 0.6 is 34.4 Å². The van der Waals surface area contributed by atoms with Gasteiger partial charge in [-0.15, -0.1) is 22.7 Å². The van der Waals surface area contributed by atoms with Gasteiger partial charge in [-0.05, 0) is 166 Å². The van der Waals surface area contributed by atoms with Crippen LogP contribution in [0, 0.1) is 23.7 Å². The molecule has 2 aliphatic heterocycles. The minimum absolute atomic E-state index is 0.184. The molecule has 16 rings (SSSR count). The first-order chi connectivity index (χ1) is 46.6. The number of benzene rings is 9. The van der Waals surface area contributed by atoms with Crippen LogP contribution in [0.3, 0.4) is 0 Å². The van der Waals surface area contributed by atoms with Gasteiger partial charge in [0.2, 0.25) is 0 Å². The smallest absolute Gasteiger partial charge is 0.265 e. The Hall–Kier alpha value is -9.88. The predicted molar refractivity (Wildman–Crippen MR) is 390 cm³/mol. The maximum atomic E-state index is 14.8. The fourth-order valence-corrected chi connectivity index (χ4v) is 18.3. The number of imide groups is 2. The predicted octanol–water partition coefficient (Wildman–Crippen LogP) is 21.1. The molecule has 8 nitrogen and oxygen atoms in total. The average Bonchev–Trinajstić information content (AvgIpc) is 1.68. The van der Waals surface area contributed by atoms with Gasteiger partial charge in [0.05, 0.1) is 32.9 Å². The number of hydrogen-bond acceptors (Lipinski definition) is 9. The summed E-state index contributed by atoms with van der Waals surface area (Å²) in [6.45, 7) is 8.97. The zero-order valence-corrected chi connectivity index (χ0v) is 55.9. The third-order valence-electron chi connectivity index (χ3n) is 20.5. The highest BCUT2D eigenvalue weighted by Gasteiger charge is 2.46. The second kappa shape index (κ2) is 24.2. The van der Waals surface area contributed by atoms with Crippen molar-refractivity contribution in [1.82, 2.24) is 8.75 Å². The lowest BCUT2D eigenvalue weighted by molar-refractivity contribution is 0.0877. The van der Waals surface area contributed by atoms with E-state index in [0.29, 0.717) is 44.4 Å². The lowest BCUT2D eigenvalue weighted by atomic mass is 9.71. The van der Waals surface area contributed by atoms with E-state index in [1.54, 1.807) is 22.7 Å². The SMILES string of the molecule is CCCCC1(CCCC)c2ccccc2-c2ccc(N3C(=O)c4cccc5c(C#Cc6ccc(-c7ccc(-c8ccc(C#Cc9ccc%10c%11c(cccc9%11)C(=O)N(c9ccc%11c(c9)C(CCCC)(CCCC)c9ccccc9-%11)C%10=O)s8)c8nsnc78)s6)ccc(c45)C3=O)cc21. The monoisotopic (exact) mass is 1290 g/mol. The molecule has 0 spiro atoms. The van der Waals surface area contributed by atoms with Gasteiger partial charge in [-0.3, -0.25) is 19.2 Å². The van der Waals surface area contributed by atoms with Crippen LogP contribution in [0.25, 0.3) is 75.7 Å². The van der Waals surface area contributed by atoms with Crippen LogP contribution < -0.4 is 9.80 Å². The Labute approximate surface area is 565 Å². The Balaban J connectivity index is 0.642. The highest BCUT2D eigenvalue weighted by atomic mass is 32.1. The number of fused-ring (bicyclic) bond motifs is 7. The minimum atomic E-state index is -0.330. The molecule has 95 heavy (non-hydrogen) atoms. The summed E-state index contributed by atoms with van der Waals surface area (Å²) in [5, 5.41) is 2.81. The minimum Gasteiger partial charge on any atom is -0.268 e. The van der Waals surface area contributed by atoms with Gasteiger partial charge < -0.3 is 0 Å². The molecule has 3 aromatic heterocycles. The molecule has 0 saturated carbocycles. The molecule has 4 amide bonds. The van der Waals surface area contributed by atoms with Crippen molar-refractivity contribution in [1.29, 1.82) is 0 Å². The number of aromatic nitrogens is 2. The second-order valence-corrected chi connectivity index (χ2v) is 28.4. The largest absolute Gasteiger partial charge is 0.268 e. The van der Waals surface area contributed by atoms with E-state index in [2.05, 4.69) is 148 Å². The van der Waals surface area contributed by atoms with Gasteiger partial charge in [-0.1, -0.05) is 200 Å². The number of amides is 4. The summed E-state index contributed by atoms with van der Waals surface area (Å²) in [4.78, 5) is 65.5. The molecule has 5 heterocycles. The van der Waals surface area contributed by atoms with E-state index in [-0.39, 0.29) is 34.5 Å². The third kappa shape index (κ3) is 9.60. The number of rotatable bonds is 16. The van der Waals surface area contributed by atoms with Crippen LogP contribution in [0.15, 0.2) is 182 Å². The van der Waals surface area contributed by atoms with Gasteiger partial charge in [0.15, 0.2) is 0 Å². The van der Waals surface area contributed by atoms with Crippen LogP contribution in [0.5, 0.6) is 0 Å². The van der Waals surface area contributed by atoms with E-state index in [4.69, 9.17) is 8.75 Å². The molecule has 2 aliphatic carbocycles. The number of nitrogens with zero attached hydrogens (tertiary/aromatic N) is 4. The van der Waals surface area contributed by atoms with Crippen LogP contribution in [0.2, 0.25) is 0 Å². The molecule has 0 radical (unpaired) electrons. The molecule has 0 atom stereocenters. The second-order valence-electron chi connectivity index (χ2n) is 25.7. The van der Waals surface area contributed by atoms with E-state index in [1.165, 1.54) is 66.0 Å². The van der Waals surface area contributed by atoms with Gasteiger partial charge in [-0.25, -0.2) is 9.80 Å². The molecular formula is C84H66N4O4S3. The van der Waals surface area contributed by atoms with E-state index >= 15 is 0 Å². The molecule has 0 N–H and O–H groups in total. The summed E-state index contributed by atoms with van der Waals surface area (Å²) < 4.78 is 9.64. The molecule has 9 aromatic carbocycles. The molecule has 12 aromatic rings. The van der Waals surface area contributed by atoms with Crippen molar-refractivity contribution in [3.63, 3.8) is 0 Å². The van der Waals surface area contributed by atoms with Crippen molar-refractivity contribution >= 4 is 102 Å². The van der Waals surface area contributed by atoms with Gasteiger partial charge in [0.25, 0.3) is 23.6 Å². The number of hydrogen-bond donors (Lipinski definition) is 0. The molecule has 0 fully saturated rings. The van der Waals surface area contributed by atoms with Crippen LogP contribution in [0.1, 0.15) is 189 Å². The Kier molecular flexibility index (Phi) is 15.3. The summed E-state index contributed by atoms with van der Waals surface area (Å²) >= 11 is 4.34. The number of unbranched alkanes of at least 4 members (excludes halogenated alkanes) is 4. The van der Waals surface area contributed by atoms with Crippen molar-refractivity contribution in [3.8, 4) is 66.8 Å². The van der Waals surface area contributed by atoms with E-state index in [9.17, 15) is 19.2 Å². The van der Waals surface area contributed by atoms with Gasteiger partial charge in [-0.2, -0.15) is 8.75 Å². The first-order valence-corrected chi connectivity index (χ1v) is 35.8. The highest BCUT2D eigenvalue weighted by molar-refractivity contribution is 7.16. The highest BCUT2D eigenvalue weighted by Crippen LogP contribution is 2.57. The fraction of sp³-hybridized carbons (Fsp3) is 0.214. The van der Waals surface area contributed by atoms with Crippen molar-refractivity contribution in [2.45, 2.75) is 116 Å². The summed E-state index contributed by atoms with van der Waals surface area (Å²) in [5.41, 5.74) is 17.8. The molecule has 0 bridgehead atoms. The van der Waals surface area contributed by atoms with Crippen molar-refractivity contribution in [3.05, 3.63) is 247 Å². The maximum absolute atomic E-state index is 14.8. The fourth-order valence-electron chi connectivity index (χ4n) is 15.9. The third-order valence-corrected chi connectivity index (χ3v) is 23.1. The Morgan fingerprint density at radius 1 is 0.358 bits per heavy atom. The average molecular weight is 1290 g/mol. The van der Waals surface area contributed by atoms with Crippen molar-refractivity contribution in [2.75, 3.05) is 9.80 Å². The zero-order chi connectivity index (χ0) is 64.7. The zero-order valence-electron chi connectivity index (χ0n) is 53.5. The standard InChI is InChI=1S/C84H66N4O4S3/c1-5-9-45-83(46-10-6-2)69-25-15-13-19-59(69)61-39-31-53(49-71(61)83)87-79(89)65-23-17-21-57-51(29-37-67(75(57)65)81(87)91)27-33-55-35-43-73(93-55)63-41-42-64(78-77(63)85-95-86-78)74-44-36-56(94-74)34-28-52-30-38-68-76-58(52)22-18-24-66(76)80(90)88(82(68)92)54-32-40-62-60-20-14-16-26-70(60)84(47-11-7-3,48-12-8-4)72(62)50-54/h13-26,29-32,35-44,49-50H,5-12,45-48H2,1-4H3. The topological polar surface area (TPSA) is 101 Å². The number of carbonyl (C=O) groups is 4. The Morgan fingerprint density at radius 3 is 1.13 bits per heavy atom. The van der Waals surface area contributed by atoms with Gasteiger partial charge in [0.1, 0.15) is 11.0 Å². The van der Waals surface area contributed by atoms with E-state index in [1.807, 2.05) is 84.9 Å². The quantitative estimate of drug-likeness (QED) is 0.0706. The number of carbonyl (C=O) groups excluding carboxylic acids is 4. The lowest BCUT2D eigenvalue weighted by Crippen LogP contribution is -2.40. The van der Waals surface area contributed by atoms with E-state index < -0.39 is 0 Å². The Bertz CT molecular complexity index is 4980. The van der Waals surface area contributed by atoms with Crippen LogP contribution in [-0.2, 0) is 10.8 Å². The Morgan fingerprint density at radius 2 is 0.716 bits per heavy atom. The summed E-state index contributed by atoms with van der Waals surface area (Å²) in [6, 6.07) is 61.2. The number of thiophene rings is 2. The lowest BCUT2D eigenvalue weighted by Gasteiger charge is -2.34. The molecule has 11 heteroatoms. The van der Waals surface area contributed by atoms with E-state index in [0.717, 1.165) is 141 Å². The molecular weight excluding hydrogens is 1230 g/mol. The summed E-state index contributed by atoms with van der Waals surface area (Å²) in [5.74, 6) is 12.3. The van der Waals surface area contributed by atoms with Crippen LogP contribution in [-0.4, -0.2) is 32.4 Å². The van der Waals surface area contributed by atoms with Crippen molar-refractivity contribution in [2.24, 2.45) is 0 Å². The maximum Gasteiger partial charge on any atom is 0.265 e. The van der Waals surface area contributed by atoms with Crippen LogP contribution in [0.4, 0.5) is 11.4 Å². The summed E-state index contributed by atoms with van der Waals surface area (Å²) in [7, 11) is 0. The molecule has 0 unspecified atom stereocenters.